The lowest BCUT2D eigenvalue weighted by Gasteiger charge is -2.11. The van der Waals surface area contributed by atoms with Crippen LogP contribution in [0.2, 0.25) is 0 Å². The van der Waals surface area contributed by atoms with Crippen molar-refractivity contribution >= 4 is 21.9 Å². The Morgan fingerprint density at radius 2 is 2.18 bits per heavy atom. The van der Waals surface area contributed by atoms with Crippen LogP contribution in [0.15, 0.2) is 18.2 Å². The lowest BCUT2D eigenvalue weighted by Crippen LogP contribution is -2.07. The molecule has 0 saturated carbocycles. The maximum atomic E-state index is 11.6. The number of rotatable bonds is 6. The number of methoxy groups -OCH3 is 1. The molecule has 0 atom stereocenters. The summed E-state index contributed by atoms with van der Waals surface area (Å²) >= 11 is 3.36. The summed E-state index contributed by atoms with van der Waals surface area (Å²) in [5, 5.41) is 0.701. The number of carbonyl (C=O) groups excluding carboxylic acids is 1. The van der Waals surface area contributed by atoms with E-state index in [1.165, 1.54) is 7.11 Å². The first kappa shape index (κ1) is 14.0. The van der Waals surface area contributed by atoms with E-state index in [4.69, 9.17) is 9.47 Å². The van der Waals surface area contributed by atoms with Crippen molar-refractivity contribution in [3.05, 3.63) is 29.3 Å². The van der Waals surface area contributed by atoms with Crippen molar-refractivity contribution in [3.8, 4) is 5.75 Å². The number of benzene rings is 1. The van der Waals surface area contributed by atoms with E-state index in [0.717, 1.165) is 18.4 Å². The van der Waals surface area contributed by atoms with E-state index >= 15 is 0 Å². The summed E-state index contributed by atoms with van der Waals surface area (Å²) in [5.41, 5.74) is 1.51. The summed E-state index contributed by atoms with van der Waals surface area (Å²) in [6.07, 6.45) is 2.04. The molecule has 1 aromatic rings. The normalized spacial score (nSPS) is 10.1. The Labute approximate surface area is 110 Å². The van der Waals surface area contributed by atoms with E-state index in [1.54, 1.807) is 6.07 Å². The Hall–Kier alpha value is -1.03. The van der Waals surface area contributed by atoms with Gasteiger partial charge < -0.3 is 9.47 Å². The van der Waals surface area contributed by atoms with Crippen LogP contribution in [0.1, 0.15) is 35.7 Å². The lowest BCUT2D eigenvalue weighted by atomic mass is 10.1. The van der Waals surface area contributed by atoms with Crippen molar-refractivity contribution in [3.63, 3.8) is 0 Å². The average molecular weight is 301 g/mol. The zero-order valence-electron chi connectivity index (χ0n) is 10.2. The molecule has 0 heterocycles. The number of esters is 1. The van der Waals surface area contributed by atoms with Crippen molar-refractivity contribution in [1.29, 1.82) is 0 Å². The van der Waals surface area contributed by atoms with Crippen molar-refractivity contribution in [2.24, 2.45) is 0 Å². The van der Waals surface area contributed by atoms with Crippen LogP contribution in [0.25, 0.3) is 0 Å². The van der Waals surface area contributed by atoms with Crippen LogP contribution in [-0.2, 0) is 10.1 Å². The first-order valence-corrected chi connectivity index (χ1v) is 6.75. The van der Waals surface area contributed by atoms with Gasteiger partial charge in [-0.1, -0.05) is 35.3 Å². The smallest absolute Gasteiger partial charge is 0.341 e. The highest BCUT2D eigenvalue weighted by molar-refractivity contribution is 9.08. The van der Waals surface area contributed by atoms with Crippen molar-refractivity contribution in [1.82, 2.24) is 0 Å². The van der Waals surface area contributed by atoms with Crippen LogP contribution in [0.3, 0.4) is 0 Å². The molecule has 0 bridgehead atoms. The topological polar surface area (TPSA) is 35.5 Å². The highest BCUT2D eigenvalue weighted by Crippen LogP contribution is 2.22. The molecule has 4 heteroatoms. The standard InChI is InChI=1S/C13H17BrO3/c1-3-4-7-17-12-6-5-10(9-14)8-11(12)13(15)16-2/h5-6,8H,3-4,7,9H2,1-2H3. The van der Waals surface area contributed by atoms with Gasteiger partial charge in [0.25, 0.3) is 0 Å². The van der Waals surface area contributed by atoms with Gasteiger partial charge in [-0.15, -0.1) is 0 Å². The second-order valence-electron chi connectivity index (χ2n) is 3.66. The Morgan fingerprint density at radius 1 is 1.41 bits per heavy atom. The fourth-order valence-electron chi connectivity index (χ4n) is 1.38. The Balaban J connectivity index is 2.90. The molecule has 0 saturated heterocycles. The number of unbranched alkanes of at least 4 members (excludes halogenated alkanes) is 1. The van der Waals surface area contributed by atoms with Gasteiger partial charge in [-0.25, -0.2) is 4.79 Å². The quantitative estimate of drug-likeness (QED) is 0.458. The first-order chi connectivity index (χ1) is 8.22. The van der Waals surface area contributed by atoms with E-state index in [9.17, 15) is 4.79 Å². The van der Waals surface area contributed by atoms with E-state index in [-0.39, 0.29) is 5.97 Å². The monoisotopic (exact) mass is 300 g/mol. The molecule has 3 nitrogen and oxygen atoms in total. The molecule has 0 N–H and O–H groups in total. The third-order valence-electron chi connectivity index (χ3n) is 2.36. The summed E-state index contributed by atoms with van der Waals surface area (Å²) in [6, 6.07) is 5.54. The molecule has 0 radical (unpaired) electrons. The van der Waals surface area contributed by atoms with Gasteiger partial charge in [0.2, 0.25) is 0 Å². The van der Waals surface area contributed by atoms with Gasteiger partial charge in [-0.2, -0.15) is 0 Å². The lowest BCUT2D eigenvalue weighted by molar-refractivity contribution is 0.0596. The van der Waals surface area contributed by atoms with Gasteiger partial charge in [0.1, 0.15) is 11.3 Å². The van der Waals surface area contributed by atoms with E-state index in [2.05, 4.69) is 22.9 Å². The summed E-state index contributed by atoms with van der Waals surface area (Å²) in [4.78, 5) is 11.6. The zero-order chi connectivity index (χ0) is 12.7. The first-order valence-electron chi connectivity index (χ1n) is 5.63. The minimum absolute atomic E-state index is 0.362. The highest BCUT2D eigenvalue weighted by Gasteiger charge is 2.13. The summed E-state index contributed by atoms with van der Waals surface area (Å²) < 4.78 is 10.3. The maximum Gasteiger partial charge on any atom is 0.341 e. The van der Waals surface area contributed by atoms with Gasteiger partial charge in [0.05, 0.1) is 13.7 Å². The Morgan fingerprint density at radius 3 is 2.76 bits per heavy atom. The SMILES string of the molecule is CCCCOc1ccc(CBr)cc1C(=O)OC. The predicted octanol–water partition coefficient (Wildman–Crippen LogP) is 3.55. The van der Waals surface area contributed by atoms with Crippen LogP contribution >= 0.6 is 15.9 Å². The van der Waals surface area contributed by atoms with Crippen LogP contribution < -0.4 is 4.74 Å². The molecule has 0 aliphatic rings. The van der Waals surface area contributed by atoms with Crippen molar-refractivity contribution in [2.45, 2.75) is 25.1 Å². The minimum atomic E-state index is -0.362. The van der Waals surface area contributed by atoms with Gasteiger partial charge in [0.15, 0.2) is 0 Å². The van der Waals surface area contributed by atoms with Crippen LogP contribution in [0.5, 0.6) is 5.75 Å². The number of carbonyl (C=O) groups is 1. The van der Waals surface area contributed by atoms with E-state index in [1.807, 2.05) is 12.1 Å². The fraction of sp³-hybridized carbons (Fsp3) is 0.462. The second-order valence-corrected chi connectivity index (χ2v) is 4.22. The fourth-order valence-corrected chi connectivity index (χ4v) is 1.73. The van der Waals surface area contributed by atoms with Crippen molar-refractivity contribution in [2.75, 3.05) is 13.7 Å². The highest BCUT2D eigenvalue weighted by atomic mass is 79.9. The molecule has 1 rings (SSSR count). The Bertz CT molecular complexity index is 377. The number of ether oxygens (including phenoxy) is 2. The molecule has 1 aromatic carbocycles. The summed E-state index contributed by atoms with van der Waals surface area (Å²) in [7, 11) is 1.37. The maximum absolute atomic E-state index is 11.6. The molecule has 0 aliphatic carbocycles. The largest absolute Gasteiger partial charge is 0.493 e. The van der Waals surface area contributed by atoms with E-state index < -0.39 is 0 Å². The summed E-state index contributed by atoms with van der Waals surface area (Å²) in [6.45, 7) is 2.71. The third-order valence-corrected chi connectivity index (χ3v) is 3.01. The number of hydrogen-bond donors (Lipinski definition) is 0. The number of alkyl halides is 1. The van der Waals surface area contributed by atoms with Crippen LogP contribution in [-0.4, -0.2) is 19.7 Å². The molecule has 0 fully saturated rings. The summed E-state index contributed by atoms with van der Waals surface area (Å²) in [5.74, 6) is 0.231. The molecule has 94 valence electrons. The van der Waals surface area contributed by atoms with Gasteiger partial charge in [-0.3, -0.25) is 0 Å². The number of hydrogen-bond acceptors (Lipinski definition) is 3. The molecule has 0 unspecified atom stereocenters. The molecule has 0 aromatic heterocycles. The van der Waals surface area contributed by atoms with Crippen LogP contribution in [0.4, 0.5) is 0 Å². The molecule has 0 spiro atoms. The predicted molar refractivity (Wildman–Crippen MR) is 70.8 cm³/mol. The zero-order valence-corrected chi connectivity index (χ0v) is 11.7. The Kier molecular flexibility index (Phi) is 6.05. The van der Waals surface area contributed by atoms with Gasteiger partial charge in [-0.05, 0) is 24.1 Å². The molecule has 0 amide bonds. The van der Waals surface area contributed by atoms with Gasteiger partial charge in [0, 0.05) is 5.33 Å². The third kappa shape index (κ3) is 4.04. The number of halogens is 1. The second kappa shape index (κ2) is 7.33. The minimum Gasteiger partial charge on any atom is -0.493 e. The molecular weight excluding hydrogens is 284 g/mol. The van der Waals surface area contributed by atoms with Gasteiger partial charge >= 0.3 is 5.97 Å². The van der Waals surface area contributed by atoms with E-state index in [0.29, 0.717) is 23.2 Å². The molecule has 17 heavy (non-hydrogen) atoms. The molecular formula is C13H17BrO3. The van der Waals surface area contributed by atoms with Crippen molar-refractivity contribution < 1.29 is 14.3 Å². The van der Waals surface area contributed by atoms with Crippen LogP contribution in [0, 0.1) is 0 Å². The average Bonchev–Trinajstić information content (AvgIpc) is 2.38. The molecule has 0 aliphatic heterocycles.